The fraction of sp³-hybridized carbons (Fsp3) is 0.476. The van der Waals surface area contributed by atoms with Crippen LogP contribution in [0.4, 0.5) is 16.6 Å². The summed E-state index contributed by atoms with van der Waals surface area (Å²) >= 11 is 0. The zero-order valence-electron chi connectivity index (χ0n) is 16.3. The van der Waals surface area contributed by atoms with Gasteiger partial charge in [0, 0.05) is 12.7 Å². The third kappa shape index (κ3) is 3.94. The van der Waals surface area contributed by atoms with Gasteiger partial charge in [0.2, 0.25) is 5.95 Å². The second kappa shape index (κ2) is 7.75. The lowest BCUT2D eigenvalue weighted by Crippen LogP contribution is -2.36. The summed E-state index contributed by atoms with van der Waals surface area (Å²) in [5, 5.41) is 13.6. The van der Waals surface area contributed by atoms with Gasteiger partial charge in [0.25, 0.3) is 0 Å². The SMILES string of the molecule is CCN1C(=O)OCc2cnc(N[C@@H](C)c3ccc(C(O)CC4CC4)cc3)nc21. The summed E-state index contributed by atoms with van der Waals surface area (Å²) in [5.41, 5.74) is 2.84. The molecule has 4 rings (SSSR count). The number of rotatable bonds is 7. The highest BCUT2D eigenvalue weighted by Crippen LogP contribution is 2.37. The molecule has 2 atom stereocenters. The van der Waals surface area contributed by atoms with Gasteiger partial charge in [0.15, 0.2) is 0 Å². The van der Waals surface area contributed by atoms with Gasteiger partial charge in [-0.25, -0.2) is 9.78 Å². The molecule has 2 aromatic rings. The summed E-state index contributed by atoms with van der Waals surface area (Å²) in [6.07, 6.45) is 4.27. The molecule has 1 fully saturated rings. The molecule has 7 heteroatoms. The monoisotopic (exact) mass is 382 g/mol. The van der Waals surface area contributed by atoms with E-state index in [1.807, 2.05) is 38.1 Å². The zero-order valence-corrected chi connectivity index (χ0v) is 16.3. The number of nitrogens with one attached hydrogen (secondary N) is 1. The first kappa shape index (κ1) is 18.7. The molecule has 2 N–H and O–H groups in total. The van der Waals surface area contributed by atoms with Gasteiger partial charge in [-0.1, -0.05) is 37.1 Å². The molecule has 148 valence electrons. The number of nitrogens with zero attached hydrogens (tertiary/aromatic N) is 3. The van der Waals surface area contributed by atoms with Crippen molar-refractivity contribution in [1.29, 1.82) is 0 Å². The van der Waals surface area contributed by atoms with Crippen LogP contribution >= 0.6 is 0 Å². The van der Waals surface area contributed by atoms with E-state index in [1.54, 1.807) is 6.20 Å². The van der Waals surface area contributed by atoms with Gasteiger partial charge in [0.1, 0.15) is 12.4 Å². The second-order valence-corrected chi connectivity index (χ2v) is 7.57. The van der Waals surface area contributed by atoms with Crippen molar-refractivity contribution in [2.75, 3.05) is 16.8 Å². The van der Waals surface area contributed by atoms with E-state index in [2.05, 4.69) is 15.3 Å². The van der Waals surface area contributed by atoms with Gasteiger partial charge in [-0.05, 0) is 37.3 Å². The number of carbonyl (C=O) groups excluding carboxylic acids is 1. The standard InChI is InChI=1S/C21H26N4O3/c1-3-25-19-17(12-28-21(25)27)11-22-20(24-19)23-13(2)15-6-8-16(9-7-15)18(26)10-14-4-5-14/h6-9,11,13-14,18,26H,3-5,10,12H2,1-2H3,(H,22,23,24)/t13-,18?/m0/s1. The van der Waals surface area contributed by atoms with Crippen LogP contribution < -0.4 is 10.2 Å². The molecule has 1 aliphatic carbocycles. The van der Waals surface area contributed by atoms with Crippen LogP contribution in [0.5, 0.6) is 0 Å². The first-order chi connectivity index (χ1) is 13.5. The van der Waals surface area contributed by atoms with E-state index in [0.717, 1.165) is 23.1 Å². The van der Waals surface area contributed by atoms with Crippen LogP contribution in [-0.2, 0) is 11.3 Å². The summed E-state index contributed by atoms with van der Waals surface area (Å²) in [4.78, 5) is 22.3. The smallest absolute Gasteiger partial charge is 0.415 e. The van der Waals surface area contributed by atoms with E-state index >= 15 is 0 Å². The number of aliphatic hydroxyl groups is 1. The number of aromatic nitrogens is 2. The number of anilines is 2. The molecule has 0 spiro atoms. The zero-order chi connectivity index (χ0) is 19.7. The first-order valence-corrected chi connectivity index (χ1v) is 9.89. The van der Waals surface area contributed by atoms with E-state index in [1.165, 1.54) is 17.7 Å². The summed E-state index contributed by atoms with van der Waals surface area (Å²) in [6.45, 7) is 4.60. The maximum absolute atomic E-state index is 11.9. The Balaban J connectivity index is 1.45. The Morgan fingerprint density at radius 3 is 2.68 bits per heavy atom. The molecule has 1 unspecified atom stereocenters. The van der Waals surface area contributed by atoms with Gasteiger partial charge >= 0.3 is 6.09 Å². The van der Waals surface area contributed by atoms with Crippen molar-refractivity contribution in [3.05, 3.63) is 47.2 Å². The van der Waals surface area contributed by atoms with E-state index in [9.17, 15) is 9.90 Å². The van der Waals surface area contributed by atoms with Gasteiger partial charge in [0.05, 0.1) is 17.7 Å². The Bertz CT molecular complexity index is 851. The normalized spacial score (nSPS) is 18.2. The Morgan fingerprint density at radius 2 is 2.00 bits per heavy atom. The maximum atomic E-state index is 11.9. The fourth-order valence-corrected chi connectivity index (χ4v) is 3.47. The molecule has 0 saturated heterocycles. The lowest BCUT2D eigenvalue weighted by molar-refractivity contribution is 0.141. The molecule has 1 aromatic carbocycles. The lowest BCUT2D eigenvalue weighted by Gasteiger charge is -2.27. The van der Waals surface area contributed by atoms with Gasteiger partial charge in [-0.15, -0.1) is 0 Å². The third-order valence-electron chi connectivity index (χ3n) is 5.41. The summed E-state index contributed by atoms with van der Waals surface area (Å²) in [6, 6.07) is 8.01. The van der Waals surface area contributed by atoms with E-state index < -0.39 is 0 Å². The first-order valence-electron chi connectivity index (χ1n) is 9.89. The largest absolute Gasteiger partial charge is 0.444 e. The summed E-state index contributed by atoms with van der Waals surface area (Å²) in [7, 11) is 0. The van der Waals surface area contributed by atoms with Crippen LogP contribution in [0.25, 0.3) is 0 Å². The van der Waals surface area contributed by atoms with Crippen LogP contribution in [0.1, 0.15) is 61.9 Å². The van der Waals surface area contributed by atoms with E-state index in [0.29, 0.717) is 24.2 Å². The van der Waals surface area contributed by atoms with Crippen LogP contribution in [0.3, 0.4) is 0 Å². The van der Waals surface area contributed by atoms with Crippen molar-refractivity contribution in [1.82, 2.24) is 9.97 Å². The van der Waals surface area contributed by atoms with Crippen LogP contribution in [0.2, 0.25) is 0 Å². The molecule has 2 heterocycles. The Morgan fingerprint density at radius 1 is 1.29 bits per heavy atom. The number of ether oxygens (including phenoxy) is 1. The molecular weight excluding hydrogens is 356 g/mol. The van der Waals surface area contributed by atoms with Crippen molar-refractivity contribution in [2.24, 2.45) is 5.92 Å². The highest BCUT2D eigenvalue weighted by Gasteiger charge is 2.27. The Labute approximate surface area is 164 Å². The van der Waals surface area contributed by atoms with Crippen molar-refractivity contribution in [3.63, 3.8) is 0 Å². The average molecular weight is 382 g/mol. The molecule has 1 amide bonds. The fourth-order valence-electron chi connectivity index (χ4n) is 3.47. The number of fused-ring (bicyclic) bond motifs is 1. The molecule has 1 aromatic heterocycles. The van der Waals surface area contributed by atoms with Crippen molar-refractivity contribution in [2.45, 2.75) is 51.9 Å². The van der Waals surface area contributed by atoms with Crippen LogP contribution in [-0.4, -0.2) is 27.7 Å². The molecule has 0 radical (unpaired) electrons. The van der Waals surface area contributed by atoms with Crippen LogP contribution in [0.15, 0.2) is 30.5 Å². The Kier molecular flexibility index (Phi) is 5.17. The average Bonchev–Trinajstić information content (AvgIpc) is 3.52. The van der Waals surface area contributed by atoms with Gasteiger partial charge in [-0.3, -0.25) is 4.90 Å². The van der Waals surface area contributed by atoms with E-state index in [4.69, 9.17) is 4.74 Å². The number of cyclic esters (lactones) is 1. The summed E-state index contributed by atoms with van der Waals surface area (Å²) < 4.78 is 5.12. The second-order valence-electron chi connectivity index (χ2n) is 7.57. The number of carbonyl (C=O) groups is 1. The maximum Gasteiger partial charge on any atom is 0.415 e. The molecule has 1 aliphatic heterocycles. The minimum absolute atomic E-state index is 0.0155. The van der Waals surface area contributed by atoms with Crippen molar-refractivity contribution < 1.29 is 14.6 Å². The molecule has 1 saturated carbocycles. The lowest BCUT2D eigenvalue weighted by atomic mass is 10.0. The predicted molar refractivity (Wildman–Crippen MR) is 106 cm³/mol. The molecule has 28 heavy (non-hydrogen) atoms. The quantitative estimate of drug-likeness (QED) is 0.754. The number of hydrogen-bond acceptors (Lipinski definition) is 6. The van der Waals surface area contributed by atoms with Crippen molar-refractivity contribution in [3.8, 4) is 0 Å². The number of aliphatic hydroxyl groups excluding tert-OH is 1. The van der Waals surface area contributed by atoms with Crippen LogP contribution in [0, 0.1) is 5.92 Å². The molecule has 0 bridgehead atoms. The molecular formula is C21H26N4O3. The Hall–Kier alpha value is -2.67. The highest BCUT2D eigenvalue weighted by molar-refractivity contribution is 5.89. The predicted octanol–water partition coefficient (Wildman–Crippen LogP) is 3.96. The number of benzene rings is 1. The van der Waals surface area contributed by atoms with Gasteiger partial charge in [-0.2, -0.15) is 4.98 Å². The number of hydrogen-bond donors (Lipinski definition) is 2. The third-order valence-corrected chi connectivity index (χ3v) is 5.41. The molecule has 7 nitrogen and oxygen atoms in total. The van der Waals surface area contributed by atoms with Gasteiger partial charge < -0.3 is 15.2 Å². The highest BCUT2D eigenvalue weighted by atomic mass is 16.6. The minimum Gasteiger partial charge on any atom is -0.444 e. The molecule has 2 aliphatic rings. The summed E-state index contributed by atoms with van der Waals surface area (Å²) in [5.74, 6) is 1.76. The van der Waals surface area contributed by atoms with E-state index in [-0.39, 0.29) is 24.8 Å². The topological polar surface area (TPSA) is 87.6 Å². The van der Waals surface area contributed by atoms with Crippen molar-refractivity contribution >= 4 is 17.9 Å². The minimum atomic E-state index is -0.381. The number of amides is 1.